The summed E-state index contributed by atoms with van der Waals surface area (Å²) < 4.78 is 5.49. The lowest BCUT2D eigenvalue weighted by Gasteiger charge is -2.11. The number of carbonyl (C=O) groups is 1. The number of amidine groups is 2. The van der Waals surface area contributed by atoms with Crippen LogP contribution >= 0.6 is 0 Å². The number of fused-ring (bicyclic) bond motifs is 1. The van der Waals surface area contributed by atoms with E-state index in [-0.39, 0.29) is 17.4 Å². The van der Waals surface area contributed by atoms with Crippen LogP contribution in [0.1, 0.15) is 12.5 Å². The molecule has 7 nitrogen and oxygen atoms in total. The van der Waals surface area contributed by atoms with Crippen molar-refractivity contribution in [3.05, 3.63) is 29.8 Å². The lowest BCUT2D eigenvalue weighted by atomic mass is 10.1. The second kappa shape index (κ2) is 4.52. The van der Waals surface area contributed by atoms with Crippen molar-refractivity contribution in [2.75, 3.05) is 6.61 Å². The zero-order chi connectivity index (χ0) is 13.2. The quantitative estimate of drug-likeness (QED) is 0.820. The van der Waals surface area contributed by atoms with Gasteiger partial charge in [0, 0.05) is 0 Å². The van der Waals surface area contributed by atoms with E-state index in [2.05, 4.69) is 25.4 Å². The van der Waals surface area contributed by atoms with Crippen LogP contribution in [-0.4, -0.2) is 29.9 Å². The van der Waals surface area contributed by atoms with Gasteiger partial charge in [-0.1, -0.05) is 12.1 Å². The monoisotopic (exact) mass is 255 g/mol. The van der Waals surface area contributed by atoms with Crippen molar-refractivity contribution in [3.63, 3.8) is 0 Å². The van der Waals surface area contributed by atoms with E-state index in [1.165, 1.54) is 0 Å². The van der Waals surface area contributed by atoms with Crippen molar-refractivity contribution in [3.8, 4) is 5.75 Å². The van der Waals surface area contributed by atoms with Gasteiger partial charge in [-0.05, 0) is 24.3 Å². The fraction of sp³-hybridized carbons (Fsp3) is 0.167. The Morgan fingerprint density at radius 2 is 2.00 bits per heavy atom. The maximum Gasteiger partial charge on any atom is 0.303 e. The van der Waals surface area contributed by atoms with Gasteiger partial charge < -0.3 is 4.74 Å². The molecule has 0 saturated carbocycles. The third-order valence-electron chi connectivity index (χ3n) is 2.55. The van der Waals surface area contributed by atoms with Gasteiger partial charge in [0.2, 0.25) is 11.5 Å². The number of rotatable bonds is 3. The van der Waals surface area contributed by atoms with Crippen molar-refractivity contribution in [1.29, 1.82) is 0 Å². The summed E-state index contributed by atoms with van der Waals surface area (Å²) in [5, 5.41) is 10.7. The van der Waals surface area contributed by atoms with Crippen LogP contribution in [0.25, 0.3) is 0 Å². The fourth-order valence-electron chi connectivity index (χ4n) is 1.74. The molecule has 2 aliphatic rings. The number of benzene rings is 1. The number of para-hydroxylation sites is 1. The van der Waals surface area contributed by atoms with E-state index in [0.29, 0.717) is 17.9 Å². The first kappa shape index (κ1) is 11.4. The van der Waals surface area contributed by atoms with E-state index in [0.717, 1.165) is 0 Å². The zero-order valence-electron chi connectivity index (χ0n) is 10.1. The van der Waals surface area contributed by atoms with Gasteiger partial charge in [0.1, 0.15) is 5.75 Å². The molecule has 0 atom stereocenters. The molecular formula is C12H9N5O2. The van der Waals surface area contributed by atoms with Crippen LogP contribution in [0, 0.1) is 0 Å². The molecule has 0 fully saturated rings. The number of aliphatic imine (C=N–C) groups is 2. The van der Waals surface area contributed by atoms with E-state index >= 15 is 0 Å². The first-order valence-electron chi connectivity index (χ1n) is 5.72. The van der Waals surface area contributed by atoms with Crippen LogP contribution in [-0.2, 0) is 4.79 Å². The van der Waals surface area contributed by atoms with Crippen molar-refractivity contribution >= 4 is 23.3 Å². The zero-order valence-corrected chi connectivity index (χ0v) is 10.1. The summed E-state index contributed by atoms with van der Waals surface area (Å²) in [4.78, 5) is 19.8. The van der Waals surface area contributed by atoms with Crippen LogP contribution < -0.4 is 4.74 Å². The van der Waals surface area contributed by atoms with Gasteiger partial charge >= 0.3 is 5.91 Å². The SMILES string of the molecule is CCOc1ccccc1C1=NC(=O)C2=NN=NC2=N1. The number of nitrogens with zero attached hydrogens (tertiary/aromatic N) is 5. The smallest absolute Gasteiger partial charge is 0.303 e. The number of amides is 1. The highest BCUT2D eigenvalue weighted by Crippen LogP contribution is 2.22. The van der Waals surface area contributed by atoms with E-state index in [4.69, 9.17) is 4.74 Å². The molecule has 1 aromatic rings. The van der Waals surface area contributed by atoms with Crippen LogP contribution in [0.5, 0.6) is 5.75 Å². The fourth-order valence-corrected chi connectivity index (χ4v) is 1.74. The summed E-state index contributed by atoms with van der Waals surface area (Å²) in [6.07, 6.45) is 0. The molecule has 1 aromatic carbocycles. The number of hydrogen-bond donors (Lipinski definition) is 0. The Balaban J connectivity index is 2.06. The molecule has 3 rings (SSSR count). The lowest BCUT2D eigenvalue weighted by Crippen LogP contribution is -2.26. The average Bonchev–Trinajstić information content (AvgIpc) is 2.88. The summed E-state index contributed by atoms with van der Waals surface area (Å²) in [5.41, 5.74) is 0.726. The predicted octanol–water partition coefficient (Wildman–Crippen LogP) is 1.59. The maximum absolute atomic E-state index is 11.8. The van der Waals surface area contributed by atoms with E-state index in [1.807, 2.05) is 19.1 Å². The molecule has 7 heteroatoms. The Morgan fingerprint density at radius 3 is 2.84 bits per heavy atom. The van der Waals surface area contributed by atoms with E-state index in [9.17, 15) is 4.79 Å². The minimum atomic E-state index is -0.490. The largest absolute Gasteiger partial charge is 0.493 e. The molecule has 0 N–H and O–H groups in total. The van der Waals surface area contributed by atoms with Gasteiger partial charge in [-0.2, -0.15) is 4.99 Å². The first-order chi connectivity index (χ1) is 9.29. The van der Waals surface area contributed by atoms with Crippen LogP contribution in [0.3, 0.4) is 0 Å². The summed E-state index contributed by atoms with van der Waals surface area (Å²) in [7, 11) is 0. The molecule has 2 aliphatic heterocycles. The predicted molar refractivity (Wildman–Crippen MR) is 68.9 cm³/mol. The molecule has 0 spiro atoms. The molecule has 1 amide bonds. The molecule has 0 saturated heterocycles. The van der Waals surface area contributed by atoms with Crippen LogP contribution in [0.2, 0.25) is 0 Å². The number of ether oxygens (including phenoxy) is 1. The van der Waals surface area contributed by atoms with Gasteiger partial charge in [0.15, 0.2) is 5.84 Å². The van der Waals surface area contributed by atoms with Gasteiger partial charge in [-0.25, -0.2) is 4.99 Å². The highest BCUT2D eigenvalue weighted by Gasteiger charge is 2.28. The molecule has 0 aromatic heterocycles. The van der Waals surface area contributed by atoms with Crippen molar-refractivity contribution in [1.82, 2.24) is 0 Å². The Bertz CT molecular complexity index is 672. The van der Waals surface area contributed by atoms with E-state index in [1.54, 1.807) is 12.1 Å². The molecule has 19 heavy (non-hydrogen) atoms. The summed E-state index contributed by atoms with van der Waals surface area (Å²) in [6, 6.07) is 7.25. The van der Waals surface area contributed by atoms with Crippen LogP contribution in [0.15, 0.2) is 49.7 Å². The number of carbonyl (C=O) groups excluding carboxylic acids is 1. The highest BCUT2D eigenvalue weighted by atomic mass is 16.5. The molecule has 0 bridgehead atoms. The molecule has 2 heterocycles. The third kappa shape index (κ3) is 1.95. The topological polar surface area (TPSA) is 88.1 Å². The summed E-state index contributed by atoms with van der Waals surface area (Å²) in [6.45, 7) is 2.40. The Morgan fingerprint density at radius 1 is 1.16 bits per heavy atom. The normalized spacial score (nSPS) is 16.7. The van der Waals surface area contributed by atoms with Gasteiger partial charge in [0.25, 0.3) is 0 Å². The highest BCUT2D eigenvalue weighted by molar-refractivity contribution is 6.69. The van der Waals surface area contributed by atoms with Gasteiger partial charge in [-0.3, -0.25) is 4.79 Å². The second-order valence-electron chi connectivity index (χ2n) is 3.74. The minimum Gasteiger partial charge on any atom is -0.493 e. The molecule has 94 valence electrons. The summed E-state index contributed by atoms with van der Waals surface area (Å²) >= 11 is 0. The lowest BCUT2D eigenvalue weighted by molar-refractivity contribution is -0.111. The molecule has 0 unspecified atom stereocenters. The van der Waals surface area contributed by atoms with E-state index < -0.39 is 5.91 Å². The Hall–Kier alpha value is -2.70. The van der Waals surface area contributed by atoms with Crippen molar-refractivity contribution in [2.24, 2.45) is 25.4 Å². The summed E-state index contributed by atoms with van der Waals surface area (Å²) in [5.74, 6) is 0.595. The molecule has 0 radical (unpaired) electrons. The minimum absolute atomic E-state index is 0.0811. The Kier molecular flexibility index (Phi) is 2.71. The van der Waals surface area contributed by atoms with Crippen LogP contribution in [0.4, 0.5) is 0 Å². The molecule has 0 aliphatic carbocycles. The number of hydrogen-bond acceptors (Lipinski definition) is 6. The second-order valence-corrected chi connectivity index (χ2v) is 3.74. The standard InChI is InChI=1S/C12H9N5O2/c1-2-19-8-6-4-3-5-7(8)10-13-11-9(12(18)14-10)15-17-16-11/h3-6H,2H2,1H3. The Labute approximate surface area is 108 Å². The van der Waals surface area contributed by atoms with Gasteiger partial charge in [-0.15, -0.1) is 10.2 Å². The first-order valence-corrected chi connectivity index (χ1v) is 5.72. The maximum atomic E-state index is 11.8. The molecular weight excluding hydrogens is 246 g/mol. The average molecular weight is 255 g/mol. The van der Waals surface area contributed by atoms with Crippen molar-refractivity contribution in [2.45, 2.75) is 6.92 Å². The van der Waals surface area contributed by atoms with Gasteiger partial charge in [0.05, 0.1) is 12.2 Å². The van der Waals surface area contributed by atoms with Crippen molar-refractivity contribution < 1.29 is 9.53 Å². The third-order valence-corrected chi connectivity index (χ3v) is 2.55.